The molecule has 0 rings (SSSR count). The van der Waals surface area contributed by atoms with Gasteiger partial charge in [0.2, 0.25) is 0 Å². The van der Waals surface area contributed by atoms with Crippen LogP contribution in [0, 0.1) is 0 Å². The van der Waals surface area contributed by atoms with E-state index in [1.807, 2.05) is 13.8 Å². The number of ether oxygens (including phenoxy) is 2. The fourth-order valence-corrected chi connectivity index (χ4v) is 0.407. The quantitative estimate of drug-likeness (QED) is 0.360. The van der Waals surface area contributed by atoms with E-state index in [2.05, 4.69) is 9.47 Å². The van der Waals surface area contributed by atoms with Crippen LogP contribution in [0.4, 0.5) is 0 Å². The van der Waals surface area contributed by atoms with Gasteiger partial charge in [-0.15, -0.1) is 31.5 Å². The topological polar surface area (TPSA) is 134 Å². The van der Waals surface area contributed by atoms with Gasteiger partial charge in [0.1, 0.15) is 0 Å². The summed E-state index contributed by atoms with van der Waals surface area (Å²) in [6.07, 6.45) is -1.25. The standard InChI is InChI=1S/2C4H9O2.3C3H7O.Ta/c2*1-2-6-4-3-5;3*1-3(2)4;/h2*2-4H2,1H3;3*3H,1-2H3;/q5*-1;+5. The summed E-state index contributed by atoms with van der Waals surface area (Å²) in [5.41, 5.74) is 0. The van der Waals surface area contributed by atoms with Crippen molar-refractivity contribution in [2.75, 3.05) is 39.6 Å². The van der Waals surface area contributed by atoms with Crippen molar-refractivity contribution in [1.82, 2.24) is 0 Å². The van der Waals surface area contributed by atoms with Crippen molar-refractivity contribution in [2.45, 2.75) is 73.7 Å². The summed E-state index contributed by atoms with van der Waals surface area (Å²) in [5, 5.41) is 47.7. The maximum Gasteiger partial charge on any atom is 5.00 e. The molecule has 0 aliphatic carbocycles. The third-order valence-electron chi connectivity index (χ3n) is 0.864. The van der Waals surface area contributed by atoms with Gasteiger partial charge in [-0.2, -0.15) is 0 Å². The van der Waals surface area contributed by atoms with Gasteiger partial charge in [-0.25, -0.2) is 0 Å². The van der Waals surface area contributed by atoms with E-state index in [1.165, 1.54) is 0 Å². The summed E-state index contributed by atoms with van der Waals surface area (Å²) >= 11 is 0. The van der Waals surface area contributed by atoms with Crippen molar-refractivity contribution in [2.24, 2.45) is 0 Å². The fraction of sp³-hybridized carbons (Fsp3) is 1.00. The minimum atomic E-state index is -0.417. The van der Waals surface area contributed by atoms with Crippen LogP contribution >= 0.6 is 0 Å². The summed E-state index contributed by atoms with van der Waals surface area (Å²) in [7, 11) is 0. The molecule has 8 heteroatoms. The van der Waals surface area contributed by atoms with Crippen molar-refractivity contribution >= 4 is 0 Å². The minimum absolute atomic E-state index is 0. The SMILES string of the molecule is CC(C)[O-].CC(C)[O-].CC(C)[O-].CCOCC[O-].CCOCC[O-].[Ta+5]. The van der Waals surface area contributed by atoms with Crippen molar-refractivity contribution in [3.63, 3.8) is 0 Å². The average Bonchev–Trinajstić information content (AvgIpc) is 2.41. The number of rotatable bonds is 6. The Balaban J connectivity index is -0.0000000454. The Bertz CT molecular complexity index is 121. The Hall–Kier alpha value is 0.460. The third kappa shape index (κ3) is 296. The Morgan fingerprint density at radius 3 is 0.800 bits per heavy atom. The maximum absolute atomic E-state index is 9.56. The van der Waals surface area contributed by atoms with Crippen LogP contribution < -0.4 is 25.5 Å². The van der Waals surface area contributed by atoms with E-state index < -0.39 is 18.3 Å². The van der Waals surface area contributed by atoms with E-state index in [-0.39, 0.29) is 35.6 Å². The van der Waals surface area contributed by atoms with Gasteiger partial charge in [-0.1, -0.05) is 41.5 Å². The van der Waals surface area contributed by atoms with Crippen molar-refractivity contribution < 1.29 is 57.4 Å². The Labute approximate surface area is 170 Å². The second kappa shape index (κ2) is 44.2. The molecule has 0 atom stereocenters. The molecule has 0 saturated carbocycles. The minimum Gasteiger partial charge on any atom is -0.853 e. The predicted molar refractivity (Wildman–Crippen MR) is 88.1 cm³/mol. The average molecular weight is 536 g/mol. The molecule has 0 amide bonds. The van der Waals surface area contributed by atoms with E-state index in [4.69, 9.17) is 0 Å². The first-order valence-electron chi connectivity index (χ1n) is 8.32. The summed E-state index contributed by atoms with van der Waals surface area (Å²) in [6, 6.07) is 0. The van der Waals surface area contributed by atoms with Crippen LogP contribution in [0.1, 0.15) is 55.4 Å². The summed E-state index contributed by atoms with van der Waals surface area (Å²) < 4.78 is 9.34. The molecule has 0 fully saturated rings. The molecule has 0 aromatic rings. The first-order valence-corrected chi connectivity index (χ1v) is 8.32. The van der Waals surface area contributed by atoms with Crippen molar-refractivity contribution in [3.8, 4) is 0 Å². The first-order chi connectivity index (χ1) is 11.0. The number of hydrogen-bond donors (Lipinski definition) is 0. The van der Waals surface area contributed by atoms with Crippen LogP contribution in [0.3, 0.4) is 0 Å². The van der Waals surface area contributed by atoms with Gasteiger partial charge in [0.15, 0.2) is 0 Å². The Morgan fingerprint density at radius 1 is 0.600 bits per heavy atom. The zero-order valence-corrected chi connectivity index (χ0v) is 20.5. The van der Waals surface area contributed by atoms with Crippen LogP contribution in [-0.4, -0.2) is 58.0 Å². The van der Waals surface area contributed by atoms with Gasteiger partial charge in [0.25, 0.3) is 0 Å². The summed E-state index contributed by atoms with van der Waals surface area (Å²) in [6.45, 7) is 15.2. The fourth-order valence-electron chi connectivity index (χ4n) is 0.407. The molecule has 0 aromatic carbocycles. The van der Waals surface area contributed by atoms with Gasteiger partial charge >= 0.3 is 22.4 Å². The molecule has 154 valence electrons. The van der Waals surface area contributed by atoms with Gasteiger partial charge < -0.3 is 35.0 Å². The van der Waals surface area contributed by atoms with E-state index >= 15 is 0 Å². The molecule has 0 spiro atoms. The van der Waals surface area contributed by atoms with Crippen LogP contribution in [0.2, 0.25) is 0 Å². The predicted octanol–water partition coefficient (Wildman–Crippen LogP) is -1.97. The van der Waals surface area contributed by atoms with Crippen LogP contribution in [0.5, 0.6) is 0 Å². The molecule has 7 nitrogen and oxygen atoms in total. The summed E-state index contributed by atoms with van der Waals surface area (Å²) in [4.78, 5) is 0. The molecule has 0 aromatic heterocycles. The van der Waals surface area contributed by atoms with E-state index in [0.29, 0.717) is 26.4 Å². The third-order valence-corrected chi connectivity index (χ3v) is 0.864. The zero-order chi connectivity index (χ0) is 20.4. The molecular formula is C17H39O7Ta. The molecule has 0 N–H and O–H groups in total. The summed E-state index contributed by atoms with van der Waals surface area (Å²) in [5.74, 6) is 0. The first kappa shape index (κ1) is 40.2. The van der Waals surface area contributed by atoms with Crippen LogP contribution in [0.15, 0.2) is 0 Å². The molecule has 0 bridgehead atoms. The van der Waals surface area contributed by atoms with Crippen molar-refractivity contribution in [3.05, 3.63) is 0 Å². The van der Waals surface area contributed by atoms with E-state index in [0.717, 1.165) is 0 Å². The molecule has 0 heterocycles. The van der Waals surface area contributed by atoms with Gasteiger partial charge in [-0.05, 0) is 13.8 Å². The normalized spacial score (nSPS) is 8.64. The second-order valence-electron chi connectivity index (χ2n) is 4.95. The van der Waals surface area contributed by atoms with Crippen LogP contribution in [0.25, 0.3) is 0 Å². The second-order valence-corrected chi connectivity index (χ2v) is 4.95. The van der Waals surface area contributed by atoms with Gasteiger partial charge in [0, 0.05) is 26.4 Å². The molecule has 0 aliphatic heterocycles. The number of hydrogen-bond acceptors (Lipinski definition) is 7. The molecule has 0 unspecified atom stereocenters. The smallest absolute Gasteiger partial charge is 0.853 e. The van der Waals surface area contributed by atoms with Gasteiger partial charge in [0.05, 0.1) is 0 Å². The van der Waals surface area contributed by atoms with E-state index in [9.17, 15) is 25.5 Å². The van der Waals surface area contributed by atoms with Crippen LogP contribution in [-0.2, 0) is 31.9 Å². The maximum atomic E-state index is 9.56. The molecule has 25 heavy (non-hydrogen) atoms. The molecule has 0 saturated heterocycles. The zero-order valence-electron chi connectivity index (χ0n) is 17.3. The van der Waals surface area contributed by atoms with E-state index in [1.54, 1.807) is 41.5 Å². The Morgan fingerprint density at radius 2 is 0.760 bits per heavy atom. The molecule has 0 radical (unpaired) electrons. The molecule has 0 aliphatic rings. The molecular weight excluding hydrogens is 497 g/mol. The van der Waals surface area contributed by atoms with Gasteiger partial charge in [-0.3, -0.25) is 0 Å². The monoisotopic (exact) mass is 536 g/mol. The largest absolute Gasteiger partial charge is 5.00 e. The Kier molecular flexibility index (Phi) is 71.1. The van der Waals surface area contributed by atoms with Crippen molar-refractivity contribution in [1.29, 1.82) is 0 Å².